The van der Waals surface area contributed by atoms with Gasteiger partial charge in [0.05, 0.1) is 0 Å². The zero-order chi connectivity index (χ0) is 16.4. The Kier molecular flexibility index (Phi) is 7.01. The largest absolute Gasteiger partial charge is 0.353 e. The Morgan fingerprint density at radius 3 is 2.17 bits per heavy atom. The van der Waals surface area contributed by atoms with Gasteiger partial charge in [-0.15, -0.1) is 12.4 Å². The Morgan fingerprint density at radius 2 is 1.62 bits per heavy atom. The highest BCUT2D eigenvalue weighted by Gasteiger charge is 2.35. The van der Waals surface area contributed by atoms with Crippen molar-refractivity contribution in [2.45, 2.75) is 103 Å². The molecule has 2 N–H and O–H groups in total. The van der Waals surface area contributed by atoms with Crippen molar-refractivity contribution in [2.75, 3.05) is 0 Å². The van der Waals surface area contributed by atoms with Crippen molar-refractivity contribution in [3.63, 3.8) is 0 Å². The number of fused-ring (bicyclic) bond motifs is 2. The lowest BCUT2D eigenvalue weighted by Crippen LogP contribution is -2.42. The summed E-state index contributed by atoms with van der Waals surface area (Å²) in [7, 11) is 0. The Morgan fingerprint density at radius 1 is 1.04 bits per heavy atom. The average molecular weight is 357 g/mol. The number of hydrogen-bond donors (Lipinski definition) is 2. The molecule has 1 aliphatic carbocycles. The molecular weight excluding hydrogens is 320 g/mol. The Labute approximate surface area is 154 Å². The van der Waals surface area contributed by atoms with Gasteiger partial charge in [0.1, 0.15) is 0 Å². The van der Waals surface area contributed by atoms with Crippen LogP contribution in [-0.2, 0) is 4.79 Å². The third kappa shape index (κ3) is 4.88. The van der Waals surface area contributed by atoms with E-state index in [1.54, 1.807) is 0 Å². The van der Waals surface area contributed by atoms with Gasteiger partial charge in [0.15, 0.2) is 0 Å². The summed E-state index contributed by atoms with van der Waals surface area (Å²) in [6.45, 7) is 7.12. The number of carbonyl (C=O) groups is 1. The molecule has 24 heavy (non-hydrogen) atoms. The van der Waals surface area contributed by atoms with Crippen molar-refractivity contribution in [3.05, 3.63) is 0 Å². The van der Waals surface area contributed by atoms with Gasteiger partial charge >= 0.3 is 0 Å². The van der Waals surface area contributed by atoms with Crippen LogP contribution in [-0.4, -0.2) is 24.0 Å². The SMILES string of the molecule is CCC(C)(C)C1CCC(NC(=O)CC2CC3CCC(C2)N3)CC1.Cl. The Balaban J connectivity index is 0.00000208. The van der Waals surface area contributed by atoms with Gasteiger partial charge in [0, 0.05) is 24.5 Å². The molecule has 4 heteroatoms. The first-order valence-corrected chi connectivity index (χ1v) is 10.0. The van der Waals surface area contributed by atoms with Crippen LogP contribution in [0, 0.1) is 17.3 Å². The maximum atomic E-state index is 12.4. The van der Waals surface area contributed by atoms with E-state index < -0.39 is 0 Å². The number of carbonyl (C=O) groups excluding carboxylic acids is 1. The minimum absolute atomic E-state index is 0. The van der Waals surface area contributed by atoms with E-state index in [4.69, 9.17) is 0 Å². The van der Waals surface area contributed by atoms with Crippen LogP contribution in [0.25, 0.3) is 0 Å². The minimum Gasteiger partial charge on any atom is -0.353 e. The van der Waals surface area contributed by atoms with Crippen LogP contribution in [0.2, 0.25) is 0 Å². The molecule has 3 fully saturated rings. The van der Waals surface area contributed by atoms with Crippen LogP contribution in [0.3, 0.4) is 0 Å². The molecule has 140 valence electrons. The fourth-order valence-corrected chi connectivity index (χ4v) is 5.20. The maximum absolute atomic E-state index is 12.4. The zero-order valence-electron chi connectivity index (χ0n) is 15.8. The van der Waals surface area contributed by atoms with Crippen molar-refractivity contribution in [2.24, 2.45) is 17.3 Å². The third-order valence-electron chi connectivity index (χ3n) is 7.15. The number of piperidine rings is 1. The summed E-state index contributed by atoms with van der Waals surface area (Å²) >= 11 is 0. The maximum Gasteiger partial charge on any atom is 0.220 e. The van der Waals surface area contributed by atoms with Gasteiger partial charge in [-0.25, -0.2) is 0 Å². The summed E-state index contributed by atoms with van der Waals surface area (Å²) in [4.78, 5) is 12.4. The van der Waals surface area contributed by atoms with Crippen LogP contribution in [0.15, 0.2) is 0 Å². The number of amides is 1. The van der Waals surface area contributed by atoms with E-state index in [-0.39, 0.29) is 12.4 Å². The summed E-state index contributed by atoms with van der Waals surface area (Å²) in [6.07, 6.45) is 12.0. The first-order valence-electron chi connectivity index (χ1n) is 10.0. The van der Waals surface area contributed by atoms with Gasteiger partial charge in [0.25, 0.3) is 0 Å². The van der Waals surface area contributed by atoms with E-state index in [0.29, 0.717) is 35.4 Å². The number of rotatable bonds is 5. The fraction of sp³-hybridized carbons (Fsp3) is 0.950. The second kappa shape index (κ2) is 8.40. The second-order valence-electron chi connectivity index (χ2n) is 9.14. The number of hydrogen-bond acceptors (Lipinski definition) is 2. The summed E-state index contributed by atoms with van der Waals surface area (Å²) in [5.74, 6) is 1.76. The molecule has 1 saturated carbocycles. The van der Waals surface area contributed by atoms with Gasteiger partial charge < -0.3 is 10.6 Å². The lowest BCUT2D eigenvalue weighted by molar-refractivity contribution is -0.123. The van der Waals surface area contributed by atoms with E-state index in [1.165, 1.54) is 57.8 Å². The van der Waals surface area contributed by atoms with Crippen LogP contribution < -0.4 is 10.6 Å². The molecule has 0 spiro atoms. The molecule has 0 aromatic heterocycles. The molecule has 2 heterocycles. The topological polar surface area (TPSA) is 41.1 Å². The van der Waals surface area contributed by atoms with Crippen LogP contribution in [0.1, 0.15) is 85.0 Å². The lowest BCUT2D eigenvalue weighted by atomic mass is 9.69. The Hall–Kier alpha value is -0.280. The second-order valence-corrected chi connectivity index (χ2v) is 9.14. The molecule has 0 aromatic rings. The molecule has 1 amide bonds. The minimum atomic E-state index is 0. The number of halogens is 1. The summed E-state index contributed by atoms with van der Waals surface area (Å²) in [6, 6.07) is 1.82. The van der Waals surface area contributed by atoms with Crippen molar-refractivity contribution < 1.29 is 4.79 Å². The zero-order valence-corrected chi connectivity index (χ0v) is 16.6. The first-order chi connectivity index (χ1) is 11.0. The molecule has 2 aliphatic heterocycles. The highest BCUT2D eigenvalue weighted by molar-refractivity contribution is 5.85. The van der Waals surface area contributed by atoms with Crippen LogP contribution in [0.4, 0.5) is 0 Å². The van der Waals surface area contributed by atoms with Crippen molar-refractivity contribution in [1.82, 2.24) is 10.6 Å². The lowest BCUT2D eigenvalue weighted by Gasteiger charge is -2.39. The molecule has 2 unspecified atom stereocenters. The van der Waals surface area contributed by atoms with Crippen molar-refractivity contribution in [3.8, 4) is 0 Å². The molecule has 3 nitrogen and oxygen atoms in total. The van der Waals surface area contributed by atoms with E-state index in [9.17, 15) is 4.79 Å². The molecule has 2 atom stereocenters. The summed E-state index contributed by atoms with van der Waals surface area (Å²) in [5.41, 5.74) is 0.462. The van der Waals surface area contributed by atoms with Gasteiger partial charge in [-0.1, -0.05) is 27.2 Å². The smallest absolute Gasteiger partial charge is 0.220 e. The predicted molar refractivity (Wildman–Crippen MR) is 102 cm³/mol. The molecular formula is C20H37ClN2O. The fourth-order valence-electron chi connectivity index (χ4n) is 5.20. The van der Waals surface area contributed by atoms with E-state index in [1.807, 2.05) is 0 Å². The van der Waals surface area contributed by atoms with Gasteiger partial charge in [-0.2, -0.15) is 0 Å². The van der Waals surface area contributed by atoms with Gasteiger partial charge in [-0.3, -0.25) is 4.79 Å². The average Bonchev–Trinajstić information content (AvgIpc) is 2.86. The monoisotopic (exact) mass is 356 g/mol. The normalized spacial score (nSPS) is 36.0. The highest BCUT2D eigenvalue weighted by atomic mass is 35.5. The van der Waals surface area contributed by atoms with Crippen molar-refractivity contribution >= 4 is 18.3 Å². The van der Waals surface area contributed by atoms with E-state index >= 15 is 0 Å². The van der Waals surface area contributed by atoms with E-state index in [2.05, 4.69) is 31.4 Å². The Bertz CT molecular complexity index is 406. The molecule has 3 aliphatic rings. The van der Waals surface area contributed by atoms with Gasteiger partial charge in [-0.05, 0) is 68.6 Å². The molecule has 2 bridgehead atoms. The third-order valence-corrected chi connectivity index (χ3v) is 7.15. The standard InChI is InChI=1S/C20H36N2O.ClH/c1-4-20(2,3)15-5-7-16(8-6-15)22-19(23)13-14-11-17-9-10-18(12-14)21-17;/h14-18,21H,4-13H2,1-3H3,(H,22,23);1H. The highest BCUT2D eigenvalue weighted by Crippen LogP contribution is 2.40. The van der Waals surface area contributed by atoms with E-state index in [0.717, 1.165) is 12.3 Å². The molecule has 2 saturated heterocycles. The van der Waals surface area contributed by atoms with Gasteiger partial charge in [0.2, 0.25) is 5.91 Å². The first kappa shape index (κ1) is 20.0. The summed E-state index contributed by atoms with van der Waals surface area (Å²) < 4.78 is 0. The summed E-state index contributed by atoms with van der Waals surface area (Å²) in [5, 5.41) is 7.01. The van der Waals surface area contributed by atoms with Crippen LogP contribution >= 0.6 is 12.4 Å². The molecule has 3 rings (SSSR count). The number of nitrogens with one attached hydrogen (secondary N) is 2. The quantitative estimate of drug-likeness (QED) is 0.764. The van der Waals surface area contributed by atoms with Crippen LogP contribution in [0.5, 0.6) is 0 Å². The van der Waals surface area contributed by atoms with Crippen molar-refractivity contribution in [1.29, 1.82) is 0 Å². The molecule has 0 aromatic carbocycles. The predicted octanol–water partition coefficient (Wildman–Crippen LogP) is 4.44. The molecule has 0 radical (unpaired) electrons.